The van der Waals surface area contributed by atoms with Crippen molar-refractivity contribution in [1.29, 1.82) is 0 Å². The van der Waals surface area contributed by atoms with Gasteiger partial charge in [0, 0.05) is 18.7 Å². The van der Waals surface area contributed by atoms with Gasteiger partial charge in [0.1, 0.15) is 0 Å². The van der Waals surface area contributed by atoms with Crippen molar-refractivity contribution in [3.05, 3.63) is 29.3 Å². The Kier molecular flexibility index (Phi) is 4.27. The minimum atomic E-state index is 0.466. The topological polar surface area (TPSA) is 49.9 Å². The predicted molar refractivity (Wildman–Crippen MR) is 77.2 cm³/mol. The molecule has 1 fully saturated rings. The molecule has 4 nitrogen and oxygen atoms in total. The lowest BCUT2D eigenvalue weighted by atomic mass is 10.2. The van der Waals surface area contributed by atoms with E-state index < -0.39 is 0 Å². The summed E-state index contributed by atoms with van der Waals surface area (Å²) in [5.41, 5.74) is 2.37. The number of aromatic amines is 1. The smallest absolute Gasteiger partial charge is 0.0794 e. The fourth-order valence-corrected chi connectivity index (χ4v) is 3.19. The maximum Gasteiger partial charge on any atom is 0.0794 e. The van der Waals surface area contributed by atoms with E-state index in [1.807, 2.05) is 6.20 Å². The van der Waals surface area contributed by atoms with Crippen LogP contribution >= 0.6 is 11.3 Å². The Balaban J connectivity index is 1.49. The third-order valence-corrected chi connectivity index (χ3v) is 4.36. The van der Waals surface area contributed by atoms with E-state index in [2.05, 4.69) is 33.0 Å². The van der Waals surface area contributed by atoms with E-state index in [0.29, 0.717) is 6.10 Å². The molecule has 0 aliphatic carbocycles. The molecule has 0 saturated carbocycles. The first-order chi connectivity index (χ1) is 9.43. The molecule has 0 radical (unpaired) electrons. The highest BCUT2D eigenvalue weighted by Crippen LogP contribution is 2.25. The summed E-state index contributed by atoms with van der Waals surface area (Å²) in [7, 11) is 0. The normalized spacial score (nSPS) is 19.1. The van der Waals surface area contributed by atoms with Gasteiger partial charge in [-0.25, -0.2) is 0 Å². The third kappa shape index (κ3) is 3.23. The van der Waals surface area contributed by atoms with Gasteiger partial charge in [0.05, 0.1) is 22.9 Å². The Morgan fingerprint density at radius 1 is 1.53 bits per heavy atom. The van der Waals surface area contributed by atoms with Crippen molar-refractivity contribution in [2.75, 3.05) is 13.2 Å². The highest BCUT2D eigenvalue weighted by Gasteiger charge is 2.14. The number of ether oxygens (including phenoxy) is 1. The van der Waals surface area contributed by atoms with Gasteiger partial charge in [-0.05, 0) is 37.3 Å². The van der Waals surface area contributed by atoms with Crippen LogP contribution in [0.1, 0.15) is 24.8 Å². The van der Waals surface area contributed by atoms with Crippen LogP contribution in [0.2, 0.25) is 0 Å². The highest BCUT2D eigenvalue weighted by atomic mass is 32.1. The first kappa shape index (κ1) is 12.8. The van der Waals surface area contributed by atoms with E-state index in [4.69, 9.17) is 4.74 Å². The zero-order valence-corrected chi connectivity index (χ0v) is 11.7. The molecule has 1 aliphatic heterocycles. The standard InChI is InChI=1S/C14H19N3OS/c1-3-12(18-7-1)5-6-15-9-11-10-16-17-14(11)13-4-2-8-19-13/h2,4,8,10,12,15H,1,3,5-7,9H2,(H,16,17)/t12-/m1/s1. The number of aromatic nitrogens is 2. The summed E-state index contributed by atoms with van der Waals surface area (Å²) in [6.45, 7) is 2.80. The Hall–Kier alpha value is -1.17. The second-order valence-electron chi connectivity index (χ2n) is 4.85. The molecule has 0 spiro atoms. The Morgan fingerprint density at radius 2 is 2.53 bits per heavy atom. The number of rotatable bonds is 6. The number of hydrogen-bond donors (Lipinski definition) is 2. The van der Waals surface area contributed by atoms with Crippen LogP contribution in [0.5, 0.6) is 0 Å². The third-order valence-electron chi connectivity index (χ3n) is 3.47. The molecule has 19 heavy (non-hydrogen) atoms. The summed E-state index contributed by atoms with van der Waals surface area (Å²) < 4.78 is 5.62. The van der Waals surface area contributed by atoms with Crippen LogP contribution in [0, 0.1) is 0 Å². The average molecular weight is 277 g/mol. The van der Waals surface area contributed by atoms with E-state index in [1.54, 1.807) is 11.3 Å². The van der Waals surface area contributed by atoms with Crippen molar-refractivity contribution in [2.45, 2.75) is 31.9 Å². The van der Waals surface area contributed by atoms with Gasteiger partial charge in [0.25, 0.3) is 0 Å². The van der Waals surface area contributed by atoms with Crippen LogP contribution in [0.25, 0.3) is 10.6 Å². The van der Waals surface area contributed by atoms with Crippen molar-refractivity contribution in [1.82, 2.24) is 15.5 Å². The molecule has 2 N–H and O–H groups in total. The molecule has 0 aromatic carbocycles. The van der Waals surface area contributed by atoms with Gasteiger partial charge in [-0.1, -0.05) is 6.07 Å². The lowest BCUT2D eigenvalue weighted by Crippen LogP contribution is -2.19. The monoisotopic (exact) mass is 277 g/mol. The van der Waals surface area contributed by atoms with E-state index in [-0.39, 0.29) is 0 Å². The molecule has 2 aromatic rings. The molecule has 0 bridgehead atoms. The van der Waals surface area contributed by atoms with Gasteiger partial charge in [0.15, 0.2) is 0 Å². The van der Waals surface area contributed by atoms with Crippen molar-refractivity contribution < 1.29 is 4.74 Å². The second-order valence-corrected chi connectivity index (χ2v) is 5.80. The van der Waals surface area contributed by atoms with E-state index in [1.165, 1.54) is 23.3 Å². The second kappa shape index (κ2) is 6.32. The van der Waals surface area contributed by atoms with Crippen molar-refractivity contribution in [2.24, 2.45) is 0 Å². The van der Waals surface area contributed by atoms with Gasteiger partial charge in [0.2, 0.25) is 0 Å². The van der Waals surface area contributed by atoms with Gasteiger partial charge in [-0.3, -0.25) is 5.10 Å². The summed E-state index contributed by atoms with van der Waals surface area (Å²) in [6, 6.07) is 4.18. The summed E-state index contributed by atoms with van der Waals surface area (Å²) in [5.74, 6) is 0. The molecular weight excluding hydrogens is 258 g/mol. The first-order valence-electron chi connectivity index (χ1n) is 6.82. The summed E-state index contributed by atoms with van der Waals surface area (Å²) in [6.07, 6.45) is 5.91. The van der Waals surface area contributed by atoms with Crippen molar-refractivity contribution in [3.8, 4) is 10.6 Å². The van der Waals surface area contributed by atoms with Crippen LogP contribution in [0.3, 0.4) is 0 Å². The molecule has 3 rings (SSSR count). The lowest BCUT2D eigenvalue weighted by molar-refractivity contribution is 0.104. The molecule has 0 amide bonds. The van der Waals surface area contributed by atoms with Crippen LogP contribution < -0.4 is 5.32 Å². The van der Waals surface area contributed by atoms with Crippen molar-refractivity contribution >= 4 is 11.3 Å². The zero-order valence-electron chi connectivity index (χ0n) is 10.9. The van der Waals surface area contributed by atoms with Gasteiger partial charge in [-0.2, -0.15) is 5.10 Å². The van der Waals surface area contributed by atoms with Gasteiger partial charge >= 0.3 is 0 Å². The van der Waals surface area contributed by atoms with Gasteiger partial charge in [-0.15, -0.1) is 11.3 Å². The molecule has 5 heteroatoms. The van der Waals surface area contributed by atoms with Crippen LogP contribution in [0.4, 0.5) is 0 Å². The molecule has 1 aliphatic rings. The van der Waals surface area contributed by atoms with E-state index in [9.17, 15) is 0 Å². The summed E-state index contributed by atoms with van der Waals surface area (Å²) in [4.78, 5) is 1.24. The van der Waals surface area contributed by atoms with Gasteiger partial charge < -0.3 is 10.1 Å². The molecule has 1 atom stereocenters. The SMILES string of the molecule is c1csc(-c2[nH]ncc2CNCC[C@H]2CCCO2)c1. The average Bonchev–Trinajstić information content (AvgIpc) is 3.15. The van der Waals surface area contributed by atoms with Crippen LogP contribution in [-0.2, 0) is 11.3 Å². The maximum atomic E-state index is 5.62. The van der Waals surface area contributed by atoms with E-state index in [0.717, 1.165) is 31.8 Å². The first-order valence-corrected chi connectivity index (χ1v) is 7.70. The lowest BCUT2D eigenvalue weighted by Gasteiger charge is -2.09. The zero-order chi connectivity index (χ0) is 12.9. The Morgan fingerprint density at radius 3 is 3.32 bits per heavy atom. The van der Waals surface area contributed by atoms with E-state index >= 15 is 0 Å². The number of H-pyrrole nitrogens is 1. The molecule has 0 unspecified atom stereocenters. The largest absolute Gasteiger partial charge is 0.378 e. The number of nitrogens with one attached hydrogen (secondary N) is 2. The van der Waals surface area contributed by atoms with Crippen LogP contribution in [0.15, 0.2) is 23.7 Å². The molecule has 2 aromatic heterocycles. The fraction of sp³-hybridized carbons (Fsp3) is 0.500. The van der Waals surface area contributed by atoms with Crippen molar-refractivity contribution in [3.63, 3.8) is 0 Å². The molecule has 3 heterocycles. The quantitative estimate of drug-likeness (QED) is 0.798. The highest BCUT2D eigenvalue weighted by molar-refractivity contribution is 7.13. The fourth-order valence-electron chi connectivity index (χ4n) is 2.44. The number of hydrogen-bond acceptors (Lipinski definition) is 4. The predicted octanol–water partition coefficient (Wildman–Crippen LogP) is 2.80. The minimum Gasteiger partial charge on any atom is -0.378 e. The summed E-state index contributed by atoms with van der Waals surface area (Å²) in [5, 5.41) is 12.8. The Bertz CT molecular complexity index is 489. The maximum absolute atomic E-state index is 5.62. The number of nitrogens with zero attached hydrogens (tertiary/aromatic N) is 1. The minimum absolute atomic E-state index is 0.466. The molecule has 1 saturated heterocycles. The van der Waals surface area contributed by atoms with Crippen LogP contribution in [-0.4, -0.2) is 29.5 Å². The summed E-state index contributed by atoms with van der Waals surface area (Å²) >= 11 is 1.74. The number of thiophene rings is 1. The molecule has 102 valence electrons. The molecular formula is C14H19N3OS. The Labute approximate surface area is 117 Å².